The number of rotatable bonds is 3. The van der Waals surface area contributed by atoms with E-state index in [1.165, 1.54) is 6.07 Å². The quantitative estimate of drug-likeness (QED) is 0.617. The predicted molar refractivity (Wildman–Crippen MR) is 70.5 cm³/mol. The Balaban J connectivity index is 2.62. The van der Waals surface area contributed by atoms with Crippen LogP contribution in [0.2, 0.25) is 5.02 Å². The molecule has 6 heteroatoms. The minimum absolute atomic E-state index is 0.0281. The first-order valence-corrected chi connectivity index (χ1v) is 6.35. The molecule has 0 saturated heterocycles. The van der Waals surface area contributed by atoms with E-state index in [0.717, 1.165) is 6.07 Å². The maximum Gasteiger partial charge on any atom is 0.344 e. The highest BCUT2D eigenvalue weighted by Gasteiger charge is 2.17. The monoisotopic (exact) mass is 338 g/mol. The van der Waals surface area contributed by atoms with E-state index in [2.05, 4.69) is 15.9 Å². The summed E-state index contributed by atoms with van der Waals surface area (Å²) in [5, 5.41) is -0.0281. The van der Waals surface area contributed by atoms with Gasteiger partial charge in [0.25, 0.3) is 0 Å². The number of hydrogen-bond acceptors (Lipinski definition) is 3. The van der Waals surface area contributed by atoms with Gasteiger partial charge in [0, 0.05) is 10.5 Å². The fourth-order valence-electron chi connectivity index (χ4n) is 1.13. The van der Waals surface area contributed by atoms with Gasteiger partial charge in [0.1, 0.15) is 17.2 Å². The highest BCUT2D eigenvalue weighted by Crippen LogP contribution is 2.30. The van der Waals surface area contributed by atoms with Crippen molar-refractivity contribution in [2.24, 2.45) is 0 Å². The van der Waals surface area contributed by atoms with Crippen LogP contribution in [-0.4, -0.2) is 18.2 Å². The van der Waals surface area contributed by atoms with Gasteiger partial charge in [-0.15, -0.1) is 0 Å². The van der Waals surface area contributed by atoms with E-state index >= 15 is 0 Å². The second kappa shape index (κ2) is 5.89. The molecule has 18 heavy (non-hydrogen) atoms. The predicted octanol–water partition coefficient (Wildman–Crippen LogP) is 3.96. The number of benzene rings is 1. The van der Waals surface area contributed by atoms with Crippen molar-refractivity contribution < 1.29 is 18.7 Å². The Labute approximate surface area is 118 Å². The average Bonchev–Trinajstić information content (AvgIpc) is 2.20. The largest absolute Gasteiger partial charge is 0.482 e. The Morgan fingerprint density at radius 1 is 1.44 bits per heavy atom. The van der Waals surface area contributed by atoms with E-state index in [9.17, 15) is 9.18 Å². The Bertz CT molecular complexity index is 434. The van der Waals surface area contributed by atoms with Crippen LogP contribution in [0.15, 0.2) is 16.6 Å². The molecule has 0 atom stereocenters. The van der Waals surface area contributed by atoms with Crippen molar-refractivity contribution in [1.29, 1.82) is 0 Å². The van der Waals surface area contributed by atoms with Gasteiger partial charge >= 0.3 is 5.97 Å². The highest BCUT2D eigenvalue weighted by atomic mass is 79.9. The van der Waals surface area contributed by atoms with Gasteiger partial charge in [0.15, 0.2) is 6.61 Å². The Kier molecular flexibility index (Phi) is 4.99. The van der Waals surface area contributed by atoms with Crippen molar-refractivity contribution in [3.63, 3.8) is 0 Å². The molecule has 0 heterocycles. The SMILES string of the molecule is CC(C)(C)OC(=O)COc1cc(F)c(Cl)c(Br)c1. The van der Waals surface area contributed by atoms with Gasteiger partial charge in [-0.2, -0.15) is 0 Å². The summed E-state index contributed by atoms with van der Waals surface area (Å²) in [6.07, 6.45) is 0. The summed E-state index contributed by atoms with van der Waals surface area (Å²) in [5.74, 6) is -0.936. The van der Waals surface area contributed by atoms with Gasteiger partial charge in [0.2, 0.25) is 0 Å². The molecule has 0 aliphatic rings. The number of carbonyl (C=O) groups is 1. The molecule has 0 unspecified atom stereocenters. The maximum absolute atomic E-state index is 13.3. The zero-order valence-electron chi connectivity index (χ0n) is 10.2. The highest BCUT2D eigenvalue weighted by molar-refractivity contribution is 9.10. The van der Waals surface area contributed by atoms with E-state index in [1.54, 1.807) is 20.8 Å². The summed E-state index contributed by atoms with van der Waals surface area (Å²) in [6, 6.07) is 2.59. The molecule has 0 aliphatic carbocycles. The number of carbonyl (C=O) groups excluding carboxylic acids is 1. The number of halogens is 3. The maximum atomic E-state index is 13.3. The number of ether oxygens (including phenoxy) is 2. The van der Waals surface area contributed by atoms with Crippen LogP contribution >= 0.6 is 27.5 Å². The third-order valence-electron chi connectivity index (χ3n) is 1.73. The van der Waals surface area contributed by atoms with Crippen LogP contribution < -0.4 is 4.74 Å². The van der Waals surface area contributed by atoms with Gasteiger partial charge in [-0.1, -0.05) is 11.6 Å². The van der Waals surface area contributed by atoms with Crippen molar-refractivity contribution in [2.45, 2.75) is 26.4 Å². The van der Waals surface area contributed by atoms with E-state index < -0.39 is 17.4 Å². The number of hydrogen-bond donors (Lipinski definition) is 0. The van der Waals surface area contributed by atoms with Crippen molar-refractivity contribution >= 4 is 33.5 Å². The fraction of sp³-hybridized carbons (Fsp3) is 0.417. The Hall–Kier alpha value is -0.810. The first-order valence-electron chi connectivity index (χ1n) is 5.18. The normalized spacial score (nSPS) is 11.2. The van der Waals surface area contributed by atoms with E-state index in [4.69, 9.17) is 21.1 Å². The molecule has 0 spiro atoms. The van der Waals surface area contributed by atoms with Crippen LogP contribution in [-0.2, 0) is 9.53 Å². The molecular weight excluding hydrogens is 326 g/mol. The van der Waals surface area contributed by atoms with Crippen molar-refractivity contribution in [3.8, 4) is 5.75 Å². The first kappa shape index (κ1) is 15.2. The minimum atomic E-state index is -0.620. The summed E-state index contributed by atoms with van der Waals surface area (Å²) >= 11 is 8.72. The van der Waals surface area contributed by atoms with Crippen LogP contribution in [0.25, 0.3) is 0 Å². The summed E-state index contributed by atoms with van der Waals surface area (Å²) < 4.78 is 23.8. The molecule has 1 aromatic rings. The van der Waals surface area contributed by atoms with E-state index in [0.29, 0.717) is 4.47 Å². The molecule has 0 fully saturated rings. The van der Waals surface area contributed by atoms with Gasteiger partial charge in [-0.05, 0) is 42.8 Å². The van der Waals surface area contributed by atoms with E-state index in [-0.39, 0.29) is 17.4 Å². The standard InChI is InChI=1S/C12H13BrClFO3/c1-12(2,3)18-10(16)6-17-7-4-8(13)11(14)9(15)5-7/h4-5H,6H2,1-3H3. The zero-order valence-corrected chi connectivity index (χ0v) is 12.6. The third kappa shape index (κ3) is 4.82. The zero-order chi connectivity index (χ0) is 13.9. The van der Waals surface area contributed by atoms with Gasteiger partial charge in [-0.25, -0.2) is 9.18 Å². The second-order valence-electron chi connectivity index (χ2n) is 4.58. The molecule has 0 saturated carbocycles. The topological polar surface area (TPSA) is 35.5 Å². The number of esters is 1. The molecule has 0 N–H and O–H groups in total. The van der Waals surface area contributed by atoms with Crippen LogP contribution in [0.5, 0.6) is 5.75 Å². The Morgan fingerprint density at radius 2 is 2.06 bits per heavy atom. The summed E-state index contributed by atoms with van der Waals surface area (Å²) in [4.78, 5) is 11.4. The molecule has 0 bridgehead atoms. The second-order valence-corrected chi connectivity index (χ2v) is 5.81. The molecule has 0 aromatic heterocycles. The molecule has 100 valence electrons. The molecule has 1 aromatic carbocycles. The smallest absolute Gasteiger partial charge is 0.344 e. The van der Waals surface area contributed by atoms with Crippen LogP contribution in [0.3, 0.4) is 0 Å². The molecular formula is C12H13BrClFO3. The summed E-state index contributed by atoms with van der Waals surface area (Å²) in [6.45, 7) is 4.97. The fourth-order valence-corrected chi connectivity index (χ4v) is 1.65. The van der Waals surface area contributed by atoms with Crippen molar-refractivity contribution in [1.82, 2.24) is 0 Å². The first-order chi connectivity index (χ1) is 8.19. The lowest BCUT2D eigenvalue weighted by Crippen LogP contribution is -2.27. The van der Waals surface area contributed by atoms with Gasteiger partial charge in [0.05, 0.1) is 5.02 Å². The average molecular weight is 340 g/mol. The van der Waals surface area contributed by atoms with Gasteiger partial charge < -0.3 is 9.47 Å². The lowest BCUT2D eigenvalue weighted by molar-refractivity contribution is -0.157. The Morgan fingerprint density at radius 3 is 2.56 bits per heavy atom. The summed E-state index contributed by atoms with van der Waals surface area (Å²) in [5.41, 5.74) is -0.577. The van der Waals surface area contributed by atoms with Crippen LogP contribution in [0, 0.1) is 5.82 Å². The van der Waals surface area contributed by atoms with Gasteiger partial charge in [-0.3, -0.25) is 0 Å². The summed E-state index contributed by atoms with van der Waals surface area (Å²) in [7, 11) is 0. The van der Waals surface area contributed by atoms with E-state index in [1.807, 2.05) is 0 Å². The molecule has 0 aliphatic heterocycles. The van der Waals surface area contributed by atoms with Crippen molar-refractivity contribution in [3.05, 3.63) is 27.4 Å². The molecule has 0 radical (unpaired) electrons. The van der Waals surface area contributed by atoms with Crippen LogP contribution in [0.1, 0.15) is 20.8 Å². The third-order valence-corrected chi connectivity index (χ3v) is 2.97. The van der Waals surface area contributed by atoms with Crippen LogP contribution in [0.4, 0.5) is 4.39 Å². The molecule has 3 nitrogen and oxygen atoms in total. The van der Waals surface area contributed by atoms with Crippen molar-refractivity contribution in [2.75, 3.05) is 6.61 Å². The molecule has 1 rings (SSSR count). The molecule has 0 amide bonds. The lowest BCUT2D eigenvalue weighted by atomic mass is 10.2. The lowest BCUT2D eigenvalue weighted by Gasteiger charge is -2.19. The minimum Gasteiger partial charge on any atom is -0.482 e.